The smallest absolute Gasteiger partial charge is 0.212 e. The number of nitrogens with zero attached hydrogens (tertiary/aromatic N) is 2. The number of hydrogen-bond donors (Lipinski definition) is 1. The molecule has 0 radical (unpaired) electrons. The molecule has 0 bridgehead atoms. The molecule has 0 saturated carbocycles. The SMILES string of the molecule is N#CC1N=CC(Cl)=C(Cl)C1(O)Cl. The van der Waals surface area contributed by atoms with Crippen LogP contribution in [0.5, 0.6) is 0 Å². The lowest BCUT2D eigenvalue weighted by molar-refractivity contribution is 0.161. The molecule has 0 aromatic rings. The van der Waals surface area contributed by atoms with E-state index in [1.807, 2.05) is 0 Å². The Labute approximate surface area is 83.9 Å². The summed E-state index contributed by atoms with van der Waals surface area (Å²) in [5.41, 5.74) is 0. The van der Waals surface area contributed by atoms with Crippen molar-refractivity contribution >= 4 is 41.0 Å². The van der Waals surface area contributed by atoms with E-state index in [0.717, 1.165) is 0 Å². The Morgan fingerprint density at radius 1 is 1.67 bits per heavy atom. The van der Waals surface area contributed by atoms with E-state index in [-0.39, 0.29) is 10.1 Å². The fourth-order valence-electron chi connectivity index (χ4n) is 0.702. The van der Waals surface area contributed by atoms with Crippen LogP contribution in [0.15, 0.2) is 15.1 Å². The molecule has 6 heteroatoms. The van der Waals surface area contributed by atoms with Crippen molar-refractivity contribution in [2.45, 2.75) is 11.1 Å². The van der Waals surface area contributed by atoms with Crippen LogP contribution in [0.1, 0.15) is 0 Å². The maximum absolute atomic E-state index is 9.43. The fraction of sp³-hybridized carbons (Fsp3) is 0.333. The fourth-order valence-corrected chi connectivity index (χ4v) is 1.31. The highest BCUT2D eigenvalue weighted by molar-refractivity contribution is 6.49. The predicted molar refractivity (Wildman–Crippen MR) is 47.4 cm³/mol. The highest BCUT2D eigenvalue weighted by Crippen LogP contribution is 2.36. The maximum atomic E-state index is 9.43. The van der Waals surface area contributed by atoms with Crippen LogP contribution in [0, 0.1) is 11.3 Å². The molecule has 64 valence electrons. The first-order chi connectivity index (χ1) is 5.50. The third-order valence-electron chi connectivity index (χ3n) is 1.34. The maximum Gasteiger partial charge on any atom is 0.212 e. The van der Waals surface area contributed by atoms with Gasteiger partial charge in [-0.15, -0.1) is 0 Å². The van der Waals surface area contributed by atoms with E-state index < -0.39 is 11.1 Å². The summed E-state index contributed by atoms with van der Waals surface area (Å²) in [6.45, 7) is 0. The molecule has 0 aliphatic carbocycles. The van der Waals surface area contributed by atoms with Crippen molar-refractivity contribution < 1.29 is 5.11 Å². The highest BCUT2D eigenvalue weighted by Gasteiger charge is 2.41. The van der Waals surface area contributed by atoms with Gasteiger partial charge < -0.3 is 5.11 Å². The third-order valence-corrected chi connectivity index (χ3v) is 2.71. The molecule has 0 amide bonds. The van der Waals surface area contributed by atoms with Gasteiger partial charge in [0.1, 0.15) is 0 Å². The Morgan fingerprint density at radius 3 is 2.75 bits per heavy atom. The van der Waals surface area contributed by atoms with E-state index in [4.69, 9.17) is 40.1 Å². The van der Waals surface area contributed by atoms with Crippen LogP contribution in [0.4, 0.5) is 0 Å². The average molecular weight is 225 g/mol. The van der Waals surface area contributed by atoms with Crippen LogP contribution in [-0.4, -0.2) is 22.4 Å². The summed E-state index contributed by atoms with van der Waals surface area (Å²) in [5, 5.41) is 15.8. The van der Waals surface area contributed by atoms with Gasteiger partial charge in [-0.1, -0.05) is 34.8 Å². The second-order valence-corrected chi connectivity index (χ2v) is 3.51. The number of halogens is 3. The van der Waals surface area contributed by atoms with Gasteiger partial charge in [0.2, 0.25) is 5.06 Å². The number of alkyl halides is 1. The average Bonchev–Trinajstić information content (AvgIpc) is 2.01. The van der Waals surface area contributed by atoms with Gasteiger partial charge in [0.15, 0.2) is 6.04 Å². The Hall–Kier alpha value is -0.270. The van der Waals surface area contributed by atoms with Crippen molar-refractivity contribution in [3.05, 3.63) is 10.1 Å². The summed E-state index contributed by atoms with van der Waals surface area (Å²) >= 11 is 16.6. The topological polar surface area (TPSA) is 56.4 Å². The van der Waals surface area contributed by atoms with Crippen LogP contribution >= 0.6 is 34.8 Å². The summed E-state index contributed by atoms with van der Waals surface area (Å²) in [7, 11) is 0. The highest BCUT2D eigenvalue weighted by atomic mass is 35.5. The van der Waals surface area contributed by atoms with E-state index in [1.54, 1.807) is 6.07 Å². The first kappa shape index (κ1) is 9.82. The summed E-state index contributed by atoms with van der Waals surface area (Å²) in [6.07, 6.45) is 1.19. The summed E-state index contributed by atoms with van der Waals surface area (Å²) in [6, 6.07) is 0.572. The summed E-state index contributed by atoms with van der Waals surface area (Å²) < 4.78 is 0. The van der Waals surface area contributed by atoms with Crippen molar-refractivity contribution in [3.63, 3.8) is 0 Å². The molecule has 0 aromatic heterocycles. The van der Waals surface area contributed by atoms with E-state index in [2.05, 4.69) is 4.99 Å². The number of rotatable bonds is 0. The molecule has 0 saturated heterocycles. The Balaban J connectivity index is 3.13. The molecule has 1 aliphatic rings. The molecule has 1 aliphatic heterocycles. The number of dihydropyridines is 1. The molecule has 2 unspecified atom stereocenters. The van der Waals surface area contributed by atoms with Crippen molar-refractivity contribution in [3.8, 4) is 6.07 Å². The Kier molecular flexibility index (Phi) is 2.64. The van der Waals surface area contributed by atoms with Gasteiger partial charge in [0.05, 0.1) is 16.1 Å². The van der Waals surface area contributed by atoms with E-state index in [9.17, 15) is 5.11 Å². The number of nitriles is 1. The van der Waals surface area contributed by atoms with Gasteiger partial charge in [0.25, 0.3) is 0 Å². The Bertz CT molecular complexity index is 302. The normalized spacial score (nSPS) is 35.1. The van der Waals surface area contributed by atoms with Gasteiger partial charge in [-0.25, -0.2) is 0 Å². The van der Waals surface area contributed by atoms with Crippen LogP contribution in [0.3, 0.4) is 0 Å². The first-order valence-electron chi connectivity index (χ1n) is 2.90. The molecule has 12 heavy (non-hydrogen) atoms. The lowest BCUT2D eigenvalue weighted by Crippen LogP contribution is -2.37. The molecular weight excluding hydrogens is 222 g/mol. The number of aliphatic imine (C=N–C) groups is 1. The van der Waals surface area contributed by atoms with Crippen molar-refractivity contribution in [1.82, 2.24) is 0 Å². The zero-order chi connectivity index (χ0) is 9.35. The quantitative estimate of drug-likeness (QED) is 0.636. The largest absolute Gasteiger partial charge is 0.368 e. The number of hydrogen-bond acceptors (Lipinski definition) is 3. The third kappa shape index (κ3) is 1.44. The molecule has 1 heterocycles. The first-order valence-corrected chi connectivity index (χ1v) is 4.03. The molecular formula is C6H3Cl3N2O. The molecule has 0 fully saturated rings. The summed E-state index contributed by atoms with van der Waals surface area (Å²) in [4.78, 5) is 3.59. The zero-order valence-corrected chi connectivity index (χ0v) is 7.90. The van der Waals surface area contributed by atoms with Crippen LogP contribution in [0.25, 0.3) is 0 Å². The molecule has 2 atom stereocenters. The summed E-state index contributed by atoms with van der Waals surface area (Å²) in [5.74, 6) is 0. The Morgan fingerprint density at radius 2 is 2.25 bits per heavy atom. The lowest BCUT2D eigenvalue weighted by atomic mass is 10.1. The van der Waals surface area contributed by atoms with Gasteiger partial charge in [0, 0.05) is 6.21 Å². The molecule has 0 spiro atoms. The zero-order valence-electron chi connectivity index (χ0n) is 5.63. The predicted octanol–water partition coefficient (Wildman–Crippen LogP) is 1.58. The monoisotopic (exact) mass is 224 g/mol. The molecule has 1 rings (SSSR count). The van der Waals surface area contributed by atoms with Crippen molar-refractivity contribution in [2.75, 3.05) is 0 Å². The standard InChI is InChI=1S/C6H3Cl3N2O/c7-3-2-11-4(1-10)6(9,12)5(3)8/h2,4,12H. The van der Waals surface area contributed by atoms with E-state index in [0.29, 0.717) is 0 Å². The minimum absolute atomic E-state index is 0.0423. The second kappa shape index (κ2) is 3.23. The van der Waals surface area contributed by atoms with Crippen molar-refractivity contribution in [1.29, 1.82) is 5.26 Å². The molecule has 0 aromatic carbocycles. The van der Waals surface area contributed by atoms with Gasteiger partial charge in [-0.3, -0.25) is 4.99 Å². The molecule has 3 nitrogen and oxygen atoms in total. The van der Waals surface area contributed by atoms with Crippen molar-refractivity contribution in [2.24, 2.45) is 4.99 Å². The minimum atomic E-state index is -2.00. The van der Waals surface area contributed by atoms with Gasteiger partial charge >= 0.3 is 0 Å². The van der Waals surface area contributed by atoms with Crippen LogP contribution in [-0.2, 0) is 0 Å². The minimum Gasteiger partial charge on any atom is -0.368 e. The lowest BCUT2D eigenvalue weighted by Gasteiger charge is -2.25. The van der Waals surface area contributed by atoms with Crippen LogP contribution in [0.2, 0.25) is 0 Å². The van der Waals surface area contributed by atoms with E-state index in [1.165, 1.54) is 6.21 Å². The van der Waals surface area contributed by atoms with Gasteiger partial charge in [-0.05, 0) is 0 Å². The van der Waals surface area contributed by atoms with Crippen LogP contribution < -0.4 is 0 Å². The molecule has 1 N–H and O–H groups in total. The van der Waals surface area contributed by atoms with E-state index >= 15 is 0 Å². The number of aliphatic hydroxyl groups is 1. The van der Waals surface area contributed by atoms with Gasteiger partial charge in [-0.2, -0.15) is 5.26 Å². The number of allylic oxidation sites excluding steroid dienone is 1. The second-order valence-electron chi connectivity index (χ2n) is 2.15.